The van der Waals surface area contributed by atoms with Crippen molar-refractivity contribution in [2.75, 3.05) is 39.5 Å². The van der Waals surface area contributed by atoms with Gasteiger partial charge in [-0.2, -0.15) is 26.3 Å². The Bertz CT molecular complexity index is 855. The van der Waals surface area contributed by atoms with E-state index in [0.29, 0.717) is 13.2 Å². The fourth-order valence-electron chi connectivity index (χ4n) is 3.02. The van der Waals surface area contributed by atoms with Gasteiger partial charge in [0.25, 0.3) is 0 Å². The molecule has 16 heteroatoms. The molecule has 36 heavy (non-hydrogen) atoms. The van der Waals surface area contributed by atoms with Crippen LogP contribution in [0.3, 0.4) is 0 Å². The molecule has 2 aliphatic rings. The zero-order chi connectivity index (χ0) is 27.7. The molecule has 2 aliphatic heterocycles. The predicted molar refractivity (Wildman–Crippen MR) is 115 cm³/mol. The summed E-state index contributed by atoms with van der Waals surface area (Å²) in [5.41, 5.74) is 1.12. The Kier molecular flexibility index (Phi) is 11.4. The number of carbonyl (C=O) groups excluding carboxylic acids is 1. The van der Waals surface area contributed by atoms with Crippen molar-refractivity contribution >= 4 is 29.6 Å². The summed E-state index contributed by atoms with van der Waals surface area (Å²) >= 11 is 1.97. The molecule has 1 unspecified atom stereocenters. The fourth-order valence-corrected chi connectivity index (χ4v) is 4.58. The van der Waals surface area contributed by atoms with Crippen molar-refractivity contribution in [3.05, 3.63) is 30.1 Å². The Morgan fingerprint density at radius 2 is 1.67 bits per heavy atom. The molecule has 0 aliphatic carbocycles. The van der Waals surface area contributed by atoms with Crippen LogP contribution >= 0.6 is 11.8 Å². The van der Waals surface area contributed by atoms with Crippen LogP contribution in [0, 0.1) is 0 Å². The van der Waals surface area contributed by atoms with E-state index in [0.717, 1.165) is 30.8 Å². The Morgan fingerprint density at radius 1 is 1.14 bits per heavy atom. The second kappa shape index (κ2) is 13.1. The summed E-state index contributed by atoms with van der Waals surface area (Å²) in [4.78, 5) is 37.8. The van der Waals surface area contributed by atoms with Crippen molar-refractivity contribution in [3.8, 4) is 0 Å². The third kappa shape index (κ3) is 11.0. The number of nitrogens with zero attached hydrogens (tertiary/aromatic N) is 3. The molecule has 0 radical (unpaired) electrons. The summed E-state index contributed by atoms with van der Waals surface area (Å²) in [7, 11) is 3.86. The van der Waals surface area contributed by atoms with Crippen LogP contribution in [0.1, 0.15) is 12.0 Å². The third-order valence-electron chi connectivity index (χ3n) is 4.63. The highest BCUT2D eigenvalue weighted by Crippen LogP contribution is 2.46. The number of alkyl halides is 6. The second-order valence-corrected chi connectivity index (χ2v) is 9.57. The highest BCUT2D eigenvalue weighted by Gasteiger charge is 2.50. The van der Waals surface area contributed by atoms with Gasteiger partial charge in [0.15, 0.2) is 0 Å². The molecular weight excluding hydrogens is 524 g/mol. The molecule has 1 aromatic heterocycles. The number of aliphatic carboxylic acids is 2. The van der Waals surface area contributed by atoms with Crippen LogP contribution in [-0.2, 0) is 25.7 Å². The van der Waals surface area contributed by atoms with Gasteiger partial charge in [0.1, 0.15) is 0 Å². The molecular formula is C20H25F6N3O6S. The first-order valence-electron chi connectivity index (χ1n) is 10.1. The van der Waals surface area contributed by atoms with Gasteiger partial charge in [-0.25, -0.2) is 9.59 Å². The molecule has 1 aromatic rings. The van der Waals surface area contributed by atoms with Gasteiger partial charge in [-0.05, 0) is 32.1 Å². The Hall–Kier alpha value is -2.59. The van der Waals surface area contributed by atoms with Crippen molar-refractivity contribution in [2.24, 2.45) is 0 Å². The first kappa shape index (κ1) is 31.4. The zero-order valence-electron chi connectivity index (χ0n) is 19.2. The van der Waals surface area contributed by atoms with Crippen LogP contribution in [0.4, 0.5) is 26.3 Å². The van der Waals surface area contributed by atoms with E-state index >= 15 is 0 Å². The summed E-state index contributed by atoms with van der Waals surface area (Å²) in [5.74, 6) is -4.26. The standard InChI is InChI=1S/C16H23N3O2S.2C2HF3O2/c1-18(2)8-15(20)19-11-16(12-19)6-14(10-22-16)21-9-13-4-3-5-17-7-13;2*3-2(4,5)1(6)7/h3-5,7,14H,6,8-12H2,1-2H3;2*(H,6,7). The smallest absolute Gasteiger partial charge is 0.475 e. The van der Waals surface area contributed by atoms with Crippen LogP contribution in [0.2, 0.25) is 0 Å². The van der Waals surface area contributed by atoms with E-state index in [-0.39, 0.29) is 16.8 Å². The van der Waals surface area contributed by atoms with Crippen molar-refractivity contribution in [2.45, 2.75) is 36.2 Å². The number of carbonyl (C=O) groups is 3. The summed E-state index contributed by atoms with van der Waals surface area (Å²) in [6.07, 6.45) is -5.21. The SMILES string of the molecule is CN(C)CC(=O)N1CC2(CC(OCc3cccnc3)CS2)C1.O=C(O)C(F)(F)F.O=C(O)C(F)(F)F. The molecule has 0 bridgehead atoms. The van der Waals surface area contributed by atoms with Crippen LogP contribution < -0.4 is 0 Å². The molecule has 1 spiro atoms. The number of aromatic nitrogens is 1. The van der Waals surface area contributed by atoms with Crippen molar-refractivity contribution < 1.29 is 55.7 Å². The summed E-state index contributed by atoms with van der Waals surface area (Å²) in [5, 5.41) is 14.2. The fraction of sp³-hybridized carbons (Fsp3) is 0.600. The van der Waals surface area contributed by atoms with E-state index in [4.69, 9.17) is 24.5 Å². The summed E-state index contributed by atoms with van der Waals surface area (Å²) in [6.45, 7) is 2.87. The lowest BCUT2D eigenvalue weighted by atomic mass is 9.93. The van der Waals surface area contributed by atoms with Crippen molar-refractivity contribution in [1.29, 1.82) is 0 Å². The van der Waals surface area contributed by atoms with E-state index < -0.39 is 24.3 Å². The molecule has 1 atom stereocenters. The molecule has 2 N–H and O–H groups in total. The maximum atomic E-state index is 12.0. The Morgan fingerprint density at radius 3 is 2.08 bits per heavy atom. The molecule has 0 saturated carbocycles. The molecule has 1 amide bonds. The number of likely N-dealkylation sites (tertiary alicyclic amines) is 1. The molecule has 2 saturated heterocycles. The maximum absolute atomic E-state index is 12.0. The third-order valence-corrected chi connectivity index (χ3v) is 6.21. The van der Waals surface area contributed by atoms with Gasteiger partial charge in [-0.3, -0.25) is 9.78 Å². The van der Waals surface area contributed by atoms with Gasteiger partial charge in [0.05, 0.1) is 24.0 Å². The zero-order valence-corrected chi connectivity index (χ0v) is 20.0. The number of ether oxygens (including phenoxy) is 1. The van der Waals surface area contributed by atoms with Crippen molar-refractivity contribution in [3.63, 3.8) is 0 Å². The minimum atomic E-state index is -5.08. The number of carboxylic acids is 2. The Labute approximate surface area is 206 Å². The second-order valence-electron chi connectivity index (χ2n) is 8.09. The first-order chi connectivity index (χ1) is 16.4. The quantitative estimate of drug-likeness (QED) is 0.534. The number of thioether (sulfide) groups is 1. The topological polar surface area (TPSA) is 120 Å². The van der Waals surface area contributed by atoms with E-state index in [1.807, 2.05) is 54.0 Å². The average molecular weight is 549 g/mol. The lowest BCUT2D eigenvalue weighted by Gasteiger charge is -2.47. The highest BCUT2D eigenvalue weighted by atomic mass is 32.2. The number of hydrogen-bond donors (Lipinski definition) is 2. The van der Waals surface area contributed by atoms with Gasteiger partial charge in [0.2, 0.25) is 5.91 Å². The van der Waals surface area contributed by atoms with Crippen LogP contribution in [0.5, 0.6) is 0 Å². The summed E-state index contributed by atoms with van der Waals surface area (Å²) < 4.78 is 69.7. The minimum Gasteiger partial charge on any atom is -0.475 e. The number of hydrogen-bond acceptors (Lipinski definition) is 7. The number of rotatable bonds is 5. The Balaban J connectivity index is 0.000000383. The predicted octanol–water partition coefficient (Wildman–Crippen LogP) is 2.51. The van der Waals surface area contributed by atoms with Gasteiger partial charge in [0, 0.05) is 31.2 Å². The largest absolute Gasteiger partial charge is 0.490 e. The number of halogens is 6. The van der Waals surface area contributed by atoms with E-state index in [2.05, 4.69) is 4.98 Å². The number of amides is 1. The van der Waals surface area contributed by atoms with E-state index in [1.165, 1.54) is 0 Å². The van der Waals surface area contributed by atoms with E-state index in [1.54, 1.807) is 6.20 Å². The highest BCUT2D eigenvalue weighted by molar-refractivity contribution is 8.01. The minimum absolute atomic E-state index is 0.232. The van der Waals surface area contributed by atoms with Crippen molar-refractivity contribution in [1.82, 2.24) is 14.8 Å². The molecule has 3 heterocycles. The molecule has 204 valence electrons. The van der Waals surface area contributed by atoms with Gasteiger partial charge < -0.3 is 24.7 Å². The first-order valence-corrected chi connectivity index (χ1v) is 11.1. The monoisotopic (exact) mass is 549 g/mol. The maximum Gasteiger partial charge on any atom is 0.490 e. The number of likely N-dealkylation sites (N-methyl/N-ethyl adjacent to an activating group) is 1. The van der Waals surface area contributed by atoms with E-state index in [9.17, 15) is 31.1 Å². The lowest BCUT2D eigenvalue weighted by Crippen LogP contribution is -2.62. The summed E-state index contributed by atoms with van der Waals surface area (Å²) in [6, 6.07) is 3.97. The molecule has 2 fully saturated rings. The molecule has 3 rings (SSSR count). The number of carboxylic acid groups (broad SMARTS) is 2. The lowest BCUT2D eigenvalue weighted by molar-refractivity contribution is -0.193. The van der Waals surface area contributed by atoms with Crippen LogP contribution in [-0.4, -0.2) is 106 Å². The average Bonchev–Trinajstić information content (AvgIpc) is 3.16. The van der Waals surface area contributed by atoms with Gasteiger partial charge in [-0.15, -0.1) is 11.8 Å². The van der Waals surface area contributed by atoms with Crippen LogP contribution in [0.25, 0.3) is 0 Å². The molecule has 9 nitrogen and oxygen atoms in total. The van der Waals surface area contributed by atoms with Crippen LogP contribution in [0.15, 0.2) is 24.5 Å². The number of pyridine rings is 1. The van der Waals surface area contributed by atoms with Gasteiger partial charge >= 0.3 is 24.3 Å². The van der Waals surface area contributed by atoms with Gasteiger partial charge in [-0.1, -0.05) is 6.07 Å². The molecule has 0 aromatic carbocycles. The normalized spacial score (nSPS) is 18.5.